The Morgan fingerprint density at radius 2 is 0.905 bits per heavy atom. The molecule has 20 heteroatoms. The van der Waals surface area contributed by atoms with Gasteiger partial charge in [0, 0.05) is 50.8 Å². The van der Waals surface area contributed by atoms with Crippen molar-refractivity contribution in [1.82, 2.24) is 25.3 Å². The number of ether oxygens (including phenoxy) is 3. The molecule has 13 rings (SSSR count). The summed E-state index contributed by atoms with van der Waals surface area (Å²) in [5.74, 6) is 0.145. The van der Waals surface area contributed by atoms with E-state index in [1.54, 1.807) is 40.1 Å². The van der Waals surface area contributed by atoms with Crippen molar-refractivity contribution in [3.8, 4) is 0 Å². The van der Waals surface area contributed by atoms with Crippen LogP contribution in [0.5, 0.6) is 0 Å². The van der Waals surface area contributed by atoms with E-state index in [0.717, 1.165) is 73.9 Å². The van der Waals surface area contributed by atoms with Gasteiger partial charge < -0.3 is 45.3 Å². The lowest BCUT2D eigenvalue weighted by Crippen LogP contribution is -2.33. The number of hydrogen-bond acceptors (Lipinski definition) is 12. The van der Waals surface area contributed by atoms with Crippen LogP contribution >= 0.6 is 58.0 Å². The largest absolute Gasteiger partial charge is 0.511 e. The minimum absolute atomic E-state index is 0. The number of rotatable bonds is 11. The summed E-state index contributed by atoms with van der Waals surface area (Å²) < 4.78 is 16.1. The average molecular weight is 1390 g/mol. The summed E-state index contributed by atoms with van der Waals surface area (Å²) in [6.45, 7) is 3.38. The minimum atomic E-state index is -0.613. The van der Waals surface area contributed by atoms with E-state index in [4.69, 9.17) is 72.2 Å². The summed E-state index contributed by atoms with van der Waals surface area (Å²) >= 11 is 29.8. The maximum Gasteiger partial charge on any atom is 0.411 e. The zero-order chi connectivity index (χ0) is 66.3. The van der Waals surface area contributed by atoms with E-state index in [1.807, 2.05) is 200 Å². The van der Waals surface area contributed by atoms with Gasteiger partial charge in [-0.3, -0.25) is 14.7 Å². The third-order valence-corrected chi connectivity index (χ3v) is 17.2. The second-order valence-corrected chi connectivity index (χ2v) is 25.0. The highest BCUT2D eigenvalue weighted by atomic mass is 35.5. The van der Waals surface area contributed by atoms with Crippen LogP contribution in [0.1, 0.15) is 101 Å². The molecule has 8 aromatic rings. The van der Waals surface area contributed by atoms with E-state index in [9.17, 15) is 34.8 Å². The number of aliphatic hydroxyl groups is 4. The van der Waals surface area contributed by atoms with Crippen molar-refractivity contribution >= 4 is 76.3 Å². The molecule has 5 heterocycles. The van der Waals surface area contributed by atoms with Crippen molar-refractivity contribution in [2.75, 3.05) is 32.7 Å². The maximum atomic E-state index is 12.4. The van der Waals surface area contributed by atoms with Crippen molar-refractivity contribution in [2.45, 2.75) is 95.0 Å². The zero-order valence-corrected chi connectivity index (χ0v) is 55.1. The average Bonchev–Trinajstić information content (AvgIpc) is 1.73. The molecule has 3 amide bonds. The second-order valence-electron chi connectivity index (χ2n) is 22.8. The Morgan fingerprint density at radius 3 is 1.38 bits per heavy atom. The van der Waals surface area contributed by atoms with E-state index in [-0.39, 0.29) is 82.0 Å². The lowest BCUT2D eigenvalue weighted by atomic mass is 10.0. The Bertz CT molecular complexity index is 3750. The molecule has 0 radical (unpaired) electrons. The fourth-order valence-electron chi connectivity index (χ4n) is 11.3. The van der Waals surface area contributed by atoms with E-state index >= 15 is 0 Å². The molecule has 0 bridgehead atoms. The van der Waals surface area contributed by atoms with Gasteiger partial charge in [0.25, 0.3) is 0 Å². The Balaban J connectivity index is 0.000000155. The molecule has 5 aliphatic rings. The first kappa shape index (κ1) is 72.9. The molecular formula is C75H78Cl5N5O10. The smallest absolute Gasteiger partial charge is 0.411 e. The van der Waals surface area contributed by atoms with Crippen LogP contribution in [0, 0.1) is 0 Å². The van der Waals surface area contributed by atoms with Crippen LogP contribution in [0.15, 0.2) is 236 Å². The zero-order valence-electron chi connectivity index (χ0n) is 51.3. The van der Waals surface area contributed by atoms with Crippen LogP contribution in [-0.4, -0.2) is 104 Å². The molecule has 8 atom stereocenters. The quantitative estimate of drug-likeness (QED) is 0.0531. The Labute approximate surface area is 580 Å². The monoisotopic (exact) mass is 1380 g/mol. The SMILES string of the molecule is C.O=C(OCc1ccccc1)N1CC(O)=CC1c1cccc(Cl)c1.O=C(OCc1ccccc1)N1CC=CC1c1cccc(Cl)c1.O=C(OCc1ccccc1)N1CC[C@H](O)C1c1cccc(Cl)c1.O[C@H]1CCNC1c1cccc(Cl)c1.O[C@H]1CNC(c2cccc(Cl)c2)C1. The molecule has 6 N–H and O–H groups in total. The van der Waals surface area contributed by atoms with Gasteiger partial charge in [0.2, 0.25) is 0 Å². The molecule has 498 valence electrons. The van der Waals surface area contributed by atoms with Crippen LogP contribution in [0.4, 0.5) is 14.4 Å². The molecule has 5 unspecified atom stereocenters. The molecule has 8 aromatic carbocycles. The fraction of sp³-hybridized carbons (Fsp3) is 0.267. The number of nitrogens with zero attached hydrogens (tertiary/aromatic N) is 3. The number of carbonyl (C=O) groups excluding carboxylic acids is 3. The first-order chi connectivity index (χ1) is 45.5. The highest BCUT2D eigenvalue weighted by Gasteiger charge is 2.38. The van der Waals surface area contributed by atoms with E-state index < -0.39 is 24.3 Å². The van der Waals surface area contributed by atoms with Gasteiger partial charge in [-0.15, -0.1) is 0 Å². The van der Waals surface area contributed by atoms with E-state index in [2.05, 4.69) is 10.6 Å². The number of benzene rings is 8. The third kappa shape index (κ3) is 21.8. The summed E-state index contributed by atoms with van der Waals surface area (Å²) in [4.78, 5) is 41.8. The second kappa shape index (κ2) is 36.8. The summed E-state index contributed by atoms with van der Waals surface area (Å²) in [7, 11) is 0. The number of likely N-dealkylation sites (tertiary alicyclic amines) is 1. The minimum Gasteiger partial charge on any atom is -0.511 e. The number of hydrogen-bond donors (Lipinski definition) is 6. The first-order valence-electron chi connectivity index (χ1n) is 30.8. The third-order valence-electron chi connectivity index (χ3n) is 16.0. The lowest BCUT2D eigenvalue weighted by Gasteiger charge is -2.26. The van der Waals surface area contributed by atoms with Crippen molar-refractivity contribution in [3.05, 3.63) is 306 Å². The number of β-amino-alcohol motifs (C(OH)–C–C–N with tert-alkyl or cyclic N) is 1. The lowest BCUT2D eigenvalue weighted by molar-refractivity contribution is 0.0714. The van der Waals surface area contributed by atoms with E-state index in [1.165, 1.54) is 4.90 Å². The van der Waals surface area contributed by atoms with Crippen LogP contribution in [-0.2, 0) is 34.0 Å². The highest BCUT2D eigenvalue weighted by molar-refractivity contribution is 6.31. The fourth-order valence-corrected chi connectivity index (χ4v) is 12.3. The van der Waals surface area contributed by atoms with Gasteiger partial charge in [-0.25, -0.2) is 14.4 Å². The van der Waals surface area contributed by atoms with Crippen molar-refractivity contribution < 1.29 is 49.0 Å². The number of carbonyl (C=O) groups is 3. The van der Waals surface area contributed by atoms with Crippen molar-refractivity contribution in [1.29, 1.82) is 0 Å². The Hall–Kier alpha value is -7.90. The maximum absolute atomic E-state index is 12.4. The van der Waals surface area contributed by atoms with Crippen LogP contribution < -0.4 is 10.6 Å². The molecule has 0 aliphatic carbocycles. The van der Waals surface area contributed by atoms with Gasteiger partial charge >= 0.3 is 18.3 Å². The van der Waals surface area contributed by atoms with Crippen LogP contribution in [0.3, 0.4) is 0 Å². The van der Waals surface area contributed by atoms with Gasteiger partial charge in [-0.2, -0.15) is 0 Å². The molecule has 0 saturated carbocycles. The summed E-state index contributed by atoms with van der Waals surface area (Å²) in [6, 6.07) is 65.4. The predicted octanol–water partition coefficient (Wildman–Crippen LogP) is 17.0. The topological polar surface area (TPSA) is 194 Å². The Morgan fingerprint density at radius 1 is 0.474 bits per heavy atom. The van der Waals surface area contributed by atoms with Gasteiger partial charge in [-0.05, 0) is 137 Å². The van der Waals surface area contributed by atoms with Crippen LogP contribution in [0.2, 0.25) is 25.1 Å². The van der Waals surface area contributed by atoms with E-state index in [0.29, 0.717) is 41.1 Å². The number of aliphatic hydroxyl groups excluding tert-OH is 4. The van der Waals surface area contributed by atoms with Gasteiger partial charge in [0.1, 0.15) is 25.6 Å². The molecule has 3 fully saturated rings. The number of amides is 3. The number of halogens is 5. The molecular weight excluding hydrogens is 1310 g/mol. The molecule has 95 heavy (non-hydrogen) atoms. The summed E-state index contributed by atoms with van der Waals surface area (Å²) in [5, 5.41) is 48.8. The molecule has 0 aromatic heterocycles. The van der Waals surface area contributed by atoms with Crippen molar-refractivity contribution in [2.24, 2.45) is 0 Å². The normalized spacial score (nSPS) is 20.6. The molecule has 3 saturated heterocycles. The van der Waals surface area contributed by atoms with Gasteiger partial charge in [-0.1, -0.05) is 229 Å². The summed E-state index contributed by atoms with van der Waals surface area (Å²) in [6.07, 6.45) is 5.39. The first-order valence-corrected chi connectivity index (χ1v) is 32.7. The predicted molar refractivity (Wildman–Crippen MR) is 375 cm³/mol. The van der Waals surface area contributed by atoms with Crippen molar-refractivity contribution in [3.63, 3.8) is 0 Å². The summed E-state index contributed by atoms with van der Waals surface area (Å²) in [5.41, 5.74) is 7.68. The van der Waals surface area contributed by atoms with Gasteiger partial charge in [0.15, 0.2) is 0 Å². The van der Waals surface area contributed by atoms with Crippen LogP contribution in [0.25, 0.3) is 0 Å². The van der Waals surface area contributed by atoms with Gasteiger partial charge in [0.05, 0.1) is 49.0 Å². The molecule has 15 nitrogen and oxygen atoms in total. The highest BCUT2D eigenvalue weighted by Crippen LogP contribution is 2.36. The number of nitrogens with one attached hydrogen (secondary N) is 2. The Kier molecular flexibility index (Phi) is 28.3. The molecule has 5 aliphatic heterocycles. The standard InChI is InChI=1S/C18H16ClNO3.C18H18ClNO3.C18H16ClNO2.2C10H12ClNO.CH4/c19-15-8-4-7-14(9-15)17-10-16(21)11-20(17)18(22)23-12-13-5-2-1-3-6-13;19-15-8-4-7-14(11-15)17-16(21)9-10-20(17)18(22)23-12-13-5-2-1-3-6-13;19-16-9-4-8-15(12-16)17-10-5-11-20(17)18(21)22-13-14-6-2-1-3-7-14;11-8-3-1-2-7(4-8)10-5-9(13)6-12-10;11-8-3-1-2-7(6-8)10-9(13)4-5-12-10;/h1-10,17,21H,11-12H2;1-8,11,16-17,21H,9-10,12H2;1-10,12,17H,11,13H2;1-4,9-10,12-13H,5-6H2;1-3,6,9-10,12-13H,4-5H2;1H4/t;16-,17?;;2*9-,10?;/m.0.10./s1. The molecule has 0 spiro atoms.